The van der Waals surface area contributed by atoms with Gasteiger partial charge in [-0.15, -0.1) is 0 Å². The molecule has 0 atom stereocenters. The molecule has 0 radical (unpaired) electrons. The Morgan fingerprint density at radius 3 is 2.62 bits per heavy atom. The summed E-state index contributed by atoms with van der Waals surface area (Å²) >= 11 is 5.69. The number of rotatable bonds is 2. The predicted octanol–water partition coefficient (Wildman–Crippen LogP) is 3.35. The third-order valence-electron chi connectivity index (χ3n) is 3.29. The van der Waals surface area contributed by atoms with Gasteiger partial charge in [-0.3, -0.25) is 9.59 Å². The van der Waals surface area contributed by atoms with Gasteiger partial charge in [-0.25, -0.2) is 8.78 Å². The number of carbonyl (C=O) groups is 2. The maximum absolute atomic E-state index is 13.9. The molecule has 3 rings (SSSR count). The average molecular weight is 308 g/mol. The fourth-order valence-corrected chi connectivity index (χ4v) is 2.46. The number of fused-ring (bicyclic) bond motifs is 1. The molecule has 106 valence electrons. The molecule has 0 fully saturated rings. The van der Waals surface area contributed by atoms with E-state index in [1.54, 1.807) is 6.07 Å². The van der Waals surface area contributed by atoms with Gasteiger partial charge in [0.2, 0.25) is 0 Å². The number of benzene rings is 2. The highest BCUT2D eigenvalue weighted by atomic mass is 35.5. The van der Waals surface area contributed by atoms with Crippen molar-refractivity contribution in [1.29, 1.82) is 0 Å². The molecule has 3 nitrogen and oxygen atoms in total. The second kappa shape index (κ2) is 4.93. The molecule has 1 amide bonds. The van der Waals surface area contributed by atoms with Crippen LogP contribution >= 0.6 is 11.6 Å². The van der Waals surface area contributed by atoms with Crippen molar-refractivity contribution in [1.82, 2.24) is 0 Å². The Morgan fingerprint density at radius 1 is 1.10 bits per heavy atom. The zero-order valence-electron chi connectivity index (χ0n) is 10.6. The van der Waals surface area contributed by atoms with Crippen LogP contribution in [0.2, 0.25) is 5.02 Å². The number of carbonyl (C=O) groups excluding carboxylic acids is 2. The number of hydrogen-bond donors (Lipinski definition) is 0. The number of hydrogen-bond acceptors (Lipinski definition) is 2. The molecule has 0 unspecified atom stereocenters. The molecular formula is C15H8ClF2NO2. The highest BCUT2D eigenvalue weighted by Gasteiger charge is 2.36. The van der Waals surface area contributed by atoms with E-state index in [2.05, 4.69) is 0 Å². The lowest BCUT2D eigenvalue weighted by Gasteiger charge is -2.17. The Bertz CT molecular complexity index is 776. The molecule has 0 N–H and O–H groups in total. The summed E-state index contributed by atoms with van der Waals surface area (Å²) in [5.74, 6) is -2.86. The van der Waals surface area contributed by atoms with Gasteiger partial charge in [-0.2, -0.15) is 0 Å². The van der Waals surface area contributed by atoms with Crippen molar-refractivity contribution in [2.45, 2.75) is 6.54 Å². The molecule has 2 aromatic rings. The van der Waals surface area contributed by atoms with Gasteiger partial charge in [-0.1, -0.05) is 23.7 Å². The number of Topliss-reactive ketones (excluding diaryl/α,β-unsaturated/α-hetero) is 1. The van der Waals surface area contributed by atoms with Gasteiger partial charge >= 0.3 is 0 Å². The Morgan fingerprint density at radius 2 is 1.86 bits per heavy atom. The molecule has 0 saturated heterocycles. The van der Waals surface area contributed by atoms with E-state index < -0.39 is 23.3 Å². The summed E-state index contributed by atoms with van der Waals surface area (Å²) in [7, 11) is 0. The summed E-state index contributed by atoms with van der Waals surface area (Å²) in [5.41, 5.74) is 0.439. The van der Waals surface area contributed by atoms with E-state index >= 15 is 0 Å². The van der Waals surface area contributed by atoms with Crippen LogP contribution in [0.15, 0.2) is 36.4 Å². The maximum atomic E-state index is 13.9. The fourth-order valence-electron chi connectivity index (χ4n) is 2.27. The molecule has 6 heteroatoms. The van der Waals surface area contributed by atoms with Crippen molar-refractivity contribution in [3.63, 3.8) is 0 Å². The molecule has 2 aromatic carbocycles. The molecule has 0 bridgehead atoms. The molecule has 0 saturated carbocycles. The first-order valence-electron chi connectivity index (χ1n) is 6.07. The van der Waals surface area contributed by atoms with Gasteiger partial charge in [0.15, 0.2) is 0 Å². The van der Waals surface area contributed by atoms with E-state index in [0.29, 0.717) is 0 Å². The molecule has 1 aliphatic heterocycles. The Hall–Kier alpha value is -2.27. The largest absolute Gasteiger partial charge is 0.300 e. The van der Waals surface area contributed by atoms with Gasteiger partial charge in [0.05, 0.1) is 22.8 Å². The summed E-state index contributed by atoms with van der Waals surface area (Å²) < 4.78 is 27.1. The standard InChI is InChI=1S/C15H8ClF2NO2/c16-11-3-1-2-8(13(11)18)7-19-12-5-4-9(17)6-10(12)14(20)15(19)21/h1-6H,7H2. The topological polar surface area (TPSA) is 37.4 Å². The average Bonchev–Trinajstić information content (AvgIpc) is 2.69. The van der Waals surface area contributed by atoms with Crippen molar-refractivity contribution in [2.24, 2.45) is 0 Å². The number of anilines is 1. The van der Waals surface area contributed by atoms with Crippen LogP contribution < -0.4 is 4.90 Å². The lowest BCUT2D eigenvalue weighted by molar-refractivity contribution is -0.114. The number of nitrogens with zero attached hydrogens (tertiary/aromatic N) is 1. The minimum Gasteiger partial charge on any atom is -0.300 e. The Balaban J connectivity index is 2.03. The minimum absolute atomic E-state index is 0.0116. The summed E-state index contributed by atoms with van der Waals surface area (Å²) in [4.78, 5) is 24.9. The predicted molar refractivity (Wildman–Crippen MR) is 73.3 cm³/mol. The summed E-state index contributed by atoms with van der Waals surface area (Å²) in [5, 5.41) is -0.0650. The third-order valence-corrected chi connectivity index (χ3v) is 3.59. The number of halogens is 3. The van der Waals surface area contributed by atoms with Crippen LogP contribution in [0.25, 0.3) is 0 Å². The van der Waals surface area contributed by atoms with Crippen molar-refractivity contribution < 1.29 is 18.4 Å². The zero-order chi connectivity index (χ0) is 15.1. The van der Waals surface area contributed by atoms with Crippen LogP contribution in [0.4, 0.5) is 14.5 Å². The Kier molecular flexibility index (Phi) is 3.22. The molecule has 0 aliphatic carbocycles. The van der Waals surface area contributed by atoms with E-state index in [0.717, 1.165) is 17.0 Å². The third kappa shape index (κ3) is 2.19. The summed E-state index contributed by atoms with van der Waals surface area (Å²) in [6, 6.07) is 7.89. The lowest BCUT2D eigenvalue weighted by atomic mass is 10.1. The van der Waals surface area contributed by atoms with Crippen LogP contribution in [-0.2, 0) is 11.3 Å². The lowest BCUT2D eigenvalue weighted by Crippen LogP contribution is -2.29. The van der Waals surface area contributed by atoms with Gasteiger partial charge in [0.25, 0.3) is 11.7 Å². The fraction of sp³-hybridized carbons (Fsp3) is 0.0667. The van der Waals surface area contributed by atoms with Crippen LogP contribution in [0, 0.1) is 11.6 Å². The molecule has 0 spiro atoms. The van der Waals surface area contributed by atoms with Crippen molar-refractivity contribution >= 4 is 29.0 Å². The summed E-state index contributed by atoms with van der Waals surface area (Å²) in [6.45, 7) is -0.143. The maximum Gasteiger partial charge on any atom is 0.299 e. The first-order chi connectivity index (χ1) is 9.99. The van der Waals surface area contributed by atoms with E-state index in [4.69, 9.17) is 11.6 Å². The van der Waals surface area contributed by atoms with E-state index in [1.165, 1.54) is 18.2 Å². The van der Waals surface area contributed by atoms with Gasteiger partial charge in [-0.05, 0) is 24.3 Å². The van der Waals surface area contributed by atoms with Crippen molar-refractivity contribution in [3.05, 3.63) is 64.2 Å². The SMILES string of the molecule is O=C1C(=O)N(Cc2cccc(Cl)c2F)c2ccc(F)cc21. The van der Waals surface area contributed by atoms with Crippen LogP contribution in [0.3, 0.4) is 0 Å². The normalized spacial score (nSPS) is 13.8. The second-order valence-electron chi connectivity index (χ2n) is 4.59. The van der Waals surface area contributed by atoms with Gasteiger partial charge in [0.1, 0.15) is 11.6 Å². The van der Waals surface area contributed by atoms with Crippen LogP contribution in [0.5, 0.6) is 0 Å². The van der Waals surface area contributed by atoms with Crippen LogP contribution in [-0.4, -0.2) is 11.7 Å². The molecule has 21 heavy (non-hydrogen) atoms. The van der Waals surface area contributed by atoms with Crippen molar-refractivity contribution in [2.75, 3.05) is 4.90 Å². The van der Waals surface area contributed by atoms with Gasteiger partial charge < -0.3 is 4.90 Å². The van der Waals surface area contributed by atoms with E-state index in [-0.39, 0.29) is 28.4 Å². The first-order valence-corrected chi connectivity index (χ1v) is 6.45. The number of ketones is 1. The first kappa shape index (κ1) is 13.7. The highest BCUT2D eigenvalue weighted by Crippen LogP contribution is 2.31. The summed E-state index contributed by atoms with van der Waals surface area (Å²) in [6.07, 6.45) is 0. The van der Waals surface area contributed by atoms with Crippen molar-refractivity contribution in [3.8, 4) is 0 Å². The van der Waals surface area contributed by atoms with E-state index in [1.807, 2.05) is 0 Å². The van der Waals surface area contributed by atoms with E-state index in [9.17, 15) is 18.4 Å². The monoisotopic (exact) mass is 307 g/mol. The quantitative estimate of drug-likeness (QED) is 0.798. The molecular weight excluding hydrogens is 300 g/mol. The number of amides is 1. The van der Waals surface area contributed by atoms with Crippen LogP contribution in [0.1, 0.15) is 15.9 Å². The molecule has 1 aliphatic rings. The zero-order valence-corrected chi connectivity index (χ0v) is 11.3. The second-order valence-corrected chi connectivity index (χ2v) is 5.00. The minimum atomic E-state index is -0.810. The highest BCUT2D eigenvalue weighted by molar-refractivity contribution is 6.52. The van der Waals surface area contributed by atoms with Gasteiger partial charge in [0, 0.05) is 5.56 Å². The molecule has 1 heterocycles. The molecule has 0 aromatic heterocycles. The smallest absolute Gasteiger partial charge is 0.299 e. The Labute approximate surface area is 123 Å².